The summed E-state index contributed by atoms with van der Waals surface area (Å²) in [7, 11) is 1.65. The van der Waals surface area contributed by atoms with E-state index in [0.717, 1.165) is 6.42 Å². The molecule has 110 valence electrons. The maximum Gasteiger partial charge on any atom is 0.165 e. The Bertz CT molecular complexity index is 454. The second-order valence-electron chi connectivity index (χ2n) is 3.96. The fourth-order valence-corrected chi connectivity index (χ4v) is 1.46. The maximum atomic E-state index is 13.5. The van der Waals surface area contributed by atoms with Gasteiger partial charge in [-0.25, -0.2) is 4.39 Å². The average molecular weight is 281 g/mol. The van der Waals surface area contributed by atoms with Crippen LogP contribution in [0.25, 0.3) is 0 Å². The van der Waals surface area contributed by atoms with E-state index in [0.29, 0.717) is 25.4 Å². The van der Waals surface area contributed by atoms with Gasteiger partial charge in [-0.05, 0) is 24.6 Å². The van der Waals surface area contributed by atoms with Crippen LogP contribution in [0, 0.1) is 17.7 Å². The molecule has 0 aliphatic rings. The molecule has 0 radical (unpaired) electrons. The van der Waals surface area contributed by atoms with Gasteiger partial charge in [-0.1, -0.05) is 11.8 Å². The third kappa shape index (κ3) is 6.53. The Morgan fingerprint density at radius 1 is 1.20 bits per heavy atom. The van der Waals surface area contributed by atoms with Crippen LogP contribution in [0.5, 0.6) is 5.75 Å². The second kappa shape index (κ2) is 10.2. The molecule has 0 unspecified atom stereocenters. The number of halogens is 1. The molecule has 0 heterocycles. The fourth-order valence-electron chi connectivity index (χ4n) is 1.46. The van der Waals surface area contributed by atoms with Gasteiger partial charge >= 0.3 is 0 Å². The molecule has 0 fully saturated rings. The molecule has 5 heteroatoms. The van der Waals surface area contributed by atoms with Gasteiger partial charge in [-0.2, -0.15) is 0 Å². The first-order chi connectivity index (χ1) is 9.77. The molecular weight excluding hydrogens is 261 g/mol. The van der Waals surface area contributed by atoms with Gasteiger partial charge in [-0.3, -0.25) is 0 Å². The van der Waals surface area contributed by atoms with Crippen molar-refractivity contribution in [1.82, 2.24) is 0 Å². The van der Waals surface area contributed by atoms with Crippen molar-refractivity contribution in [1.29, 1.82) is 0 Å². The largest absolute Gasteiger partial charge is 0.488 e. The predicted molar refractivity (Wildman–Crippen MR) is 75.1 cm³/mol. The summed E-state index contributed by atoms with van der Waals surface area (Å²) in [6.45, 7) is 2.22. The van der Waals surface area contributed by atoms with Crippen molar-refractivity contribution in [3.05, 3.63) is 29.6 Å². The van der Waals surface area contributed by atoms with Crippen LogP contribution in [-0.4, -0.2) is 40.1 Å². The number of methoxy groups -OCH3 is 1. The van der Waals surface area contributed by atoms with Crippen LogP contribution in [0.4, 0.5) is 4.39 Å². The predicted octanol–water partition coefficient (Wildman–Crippen LogP) is 1.57. The summed E-state index contributed by atoms with van der Waals surface area (Å²) < 4.78 is 29.1. The monoisotopic (exact) mass is 281 g/mol. The van der Waals surface area contributed by atoms with Crippen LogP contribution in [0.1, 0.15) is 12.0 Å². The summed E-state index contributed by atoms with van der Waals surface area (Å²) in [5, 5.41) is 0. The molecule has 0 saturated carbocycles. The first-order valence-corrected chi connectivity index (χ1v) is 6.46. The van der Waals surface area contributed by atoms with Crippen LogP contribution >= 0.6 is 0 Å². The lowest BCUT2D eigenvalue weighted by Gasteiger charge is -2.08. The number of ether oxygens (including phenoxy) is 3. The smallest absolute Gasteiger partial charge is 0.165 e. The molecular formula is C15H20FNO3. The molecule has 0 aliphatic heterocycles. The number of hydrogen-bond donors (Lipinski definition) is 1. The summed E-state index contributed by atoms with van der Waals surface area (Å²) in [5.41, 5.74) is 5.96. The van der Waals surface area contributed by atoms with Crippen LogP contribution in [-0.2, 0) is 9.47 Å². The molecule has 0 atom stereocenters. The highest BCUT2D eigenvalue weighted by molar-refractivity contribution is 5.40. The second-order valence-corrected chi connectivity index (χ2v) is 3.96. The maximum absolute atomic E-state index is 13.5. The first kappa shape index (κ1) is 16.4. The number of hydrogen-bond acceptors (Lipinski definition) is 4. The highest BCUT2D eigenvalue weighted by atomic mass is 19.1. The van der Waals surface area contributed by atoms with Crippen molar-refractivity contribution in [2.45, 2.75) is 6.42 Å². The lowest BCUT2D eigenvalue weighted by atomic mass is 10.2. The van der Waals surface area contributed by atoms with Crippen LogP contribution in [0.2, 0.25) is 0 Å². The van der Waals surface area contributed by atoms with Gasteiger partial charge in [0.05, 0.1) is 13.2 Å². The normalized spacial score (nSPS) is 9.95. The Hall–Kier alpha value is -1.61. The molecule has 0 aromatic heterocycles. The van der Waals surface area contributed by atoms with Crippen molar-refractivity contribution in [3.63, 3.8) is 0 Å². The van der Waals surface area contributed by atoms with E-state index in [-0.39, 0.29) is 18.9 Å². The van der Waals surface area contributed by atoms with E-state index in [1.165, 1.54) is 6.07 Å². The van der Waals surface area contributed by atoms with Crippen LogP contribution in [0.15, 0.2) is 18.2 Å². The zero-order valence-corrected chi connectivity index (χ0v) is 11.7. The van der Waals surface area contributed by atoms with Gasteiger partial charge in [0.25, 0.3) is 0 Å². The Labute approximate surface area is 119 Å². The Kier molecular flexibility index (Phi) is 8.40. The minimum atomic E-state index is -0.414. The van der Waals surface area contributed by atoms with Crippen molar-refractivity contribution >= 4 is 0 Å². The lowest BCUT2D eigenvalue weighted by Crippen LogP contribution is -2.09. The van der Waals surface area contributed by atoms with Crippen LogP contribution < -0.4 is 10.5 Å². The molecule has 1 aromatic carbocycles. The van der Waals surface area contributed by atoms with Crippen molar-refractivity contribution in [3.8, 4) is 17.6 Å². The summed E-state index contributed by atoms with van der Waals surface area (Å²) in [6, 6.07) is 4.48. The van der Waals surface area contributed by atoms with E-state index in [2.05, 4.69) is 11.8 Å². The van der Waals surface area contributed by atoms with Gasteiger partial charge in [-0.15, -0.1) is 0 Å². The van der Waals surface area contributed by atoms with E-state index in [1.807, 2.05) is 0 Å². The summed E-state index contributed by atoms with van der Waals surface area (Å²) >= 11 is 0. The van der Waals surface area contributed by atoms with Gasteiger partial charge in [0.1, 0.15) is 6.61 Å². The summed E-state index contributed by atoms with van der Waals surface area (Å²) in [5.74, 6) is 5.30. The van der Waals surface area contributed by atoms with E-state index in [9.17, 15) is 4.39 Å². The van der Waals surface area contributed by atoms with Gasteiger partial charge in [0.2, 0.25) is 0 Å². The topological polar surface area (TPSA) is 53.7 Å². The third-order valence-corrected chi connectivity index (χ3v) is 2.39. The molecule has 2 N–H and O–H groups in total. The molecule has 1 rings (SSSR count). The van der Waals surface area contributed by atoms with E-state index in [1.54, 1.807) is 19.2 Å². The van der Waals surface area contributed by atoms with E-state index < -0.39 is 5.82 Å². The quantitative estimate of drug-likeness (QED) is 0.580. The third-order valence-electron chi connectivity index (χ3n) is 2.39. The minimum Gasteiger partial charge on any atom is -0.488 e. The molecule has 0 bridgehead atoms. The molecule has 20 heavy (non-hydrogen) atoms. The zero-order valence-electron chi connectivity index (χ0n) is 11.7. The highest BCUT2D eigenvalue weighted by Crippen LogP contribution is 2.18. The minimum absolute atomic E-state index is 0.175. The molecule has 0 amide bonds. The zero-order chi connectivity index (χ0) is 14.6. The molecule has 0 spiro atoms. The number of benzene rings is 1. The molecule has 1 aromatic rings. The molecule has 4 nitrogen and oxygen atoms in total. The molecule has 0 aliphatic carbocycles. The first-order valence-electron chi connectivity index (χ1n) is 6.46. The van der Waals surface area contributed by atoms with Gasteiger partial charge < -0.3 is 19.9 Å². The standard InChI is InChI=1S/C15H20FNO3/c1-18-8-3-9-19-10-11-20-15-12-13(4-2-7-17)5-6-14(15)16/h5-6,12H,3,7-11,17H2,1H3. The van der Waals surface area contributed by atoms with E-state index >= 15 is 0 Å². The summed E-state index contributed by atoms with van der Waals surface area (Å²) in [6.07, 6.45) is 0.828. The van der Waals surface area contributed by atoms with Gasteiger partial charge in [0.15, 0.2) is 11.6 Å². The fraction of sp³-hybridized carbons (Fsp3) is 0.467. The Morgan fingerprint density at radius 2 is 2.05 bits per heavy atom. The van der Waals surface area contributed by atoms with Crippen molar-refractivity contribution in [2.24, 2.45) is 5.73 Å². The summed E-state index contributed by atoms with van der Waals surface area (Å²) in [4.78, 5) is 0. The molecule has 0 saturated heterocycles. The van der Waals surface area contributed by atoms with Crippen molar-refractivity contribution in [2.75, 3.05) is 40.1 Å². The Morgan fingerprint density at radius 3 is 2.80 bits per heavy atom. The van der Waals surface area contributed by atoms with Crippen molar-refractivity contribution < 1.29 is 18.6 Å². The average Bonchev–Trinajstić information content (AvgIpc) is 2.46. The van der Waals surface area contributed by atoms with Gasteiger partial charge in [0, 0.05) is 25.9 Å². The SMILES string of the molecule is COCCCOCCOc1cc(C#CCN)ccc1F. The highest BCUT2D eigenvalue weighted by Gasteiger charge is 2.03. The number of rotatable bonds is 8. The van der Waals surface area contributed by atoms with E-state index in [4.69, 9.17) is 19.9 Å². The lowest BCUT2D eigenvalue weighted by molar-refractivity contribution is 0.0797. The number of nitrogens with two attached hydrogens (primary N) is 1. The van der Waals surface area contributed by atoms with Crippen LogP contribution in [0.3, 0.4) is 0 Å². The Balaban J connectivity index is 2.35.